The van der Waals surface area contributed by atoms with Crippen molar-refractivity contribution < 1.29 is 9.53 Å². The van der Waals surface area contributed by atoms with Crippen LogP contribution in [0.4, 0.5) is 0 Å². The van der Waals surface area contributed by atoms with Crippen LogP contribution in [0.2, 0.25) is 10.0 Å². The lowest BCUT2D eigenvalue weighted by Crippen LogP contribution is -2.28. The van der Waals surface area contributed by atoms with Crippen molar-refractivity contribution in [2.45, 2.75) is 39.3 Å². The second-order valence-corrected chi connectivity index (χ2v) is 6.60. The molecule has 108 valence electrons. The third-order valence-electron chi connectivity index (χ3n) is 2.92. The Labute approximate surface area is 128 Å². The fourth-order valence-corrected chi connectivity index (χ4v) is 2.57. The summed E-state index contributed by atoms with van der Waals surface area (Å²) in [5.74, 6) is -0.286. The van der Waals surface area contributed by atoms with Crippen LogP contribution < -0.4 is 0 Å². The van der Waals surface area contributed by atoms with Crippen molar-refractivity contribution in [2.24, 2.45) is 0 Å². The molecule has 0 bridgehead atoms. The highest BCUT2D eigenvalue weighted by Gasteiger charge is 2.24. The Hall–Kier alpha value is -1.19. The van der Waals surface area contributed by atoms with E-state index in [-0.39, 0.29) is 5.97 Å². The molecule has 0 amide bonds. The Balaban J connectivity index is 2.40. The Kier molecular flexibility index (Phi) is 4.03. The molecule has 0 fully saturated rings. The van der Waals surface area contributed by atoms with Crippen LogP contribution >= 0.6 is 23.2 Å². The zero-order valence-electron chi connectivity index (χ0n) is 11.9. The molecule has 0 saturated heterocycles. The Morgan fingerprint density at radius 3 is 2.55 bits per heavy atom. The first-order valence-electron chi connectivity index (χ1n) is 6.37. The minimum absolute atomic E-state index is 0.286. The van der Waals surface area contributed by atoms with Gasteiger partial charge in [0.15, 0.2) is 0 Å². The molecule has 1 unspecified atom stereocenters. The van der Waals surface area contributed by atoms with Gasteiger partial charge in [-0.25, -0.2) is 4.79 Å². The minimum atomic E-state index is -0.510. The van der Waals surface area contributed by atoms with Gasteiger partial charge in [0.25, 0.3) is 0 Å². The molecule has 0 aliphatic heterocycles. The van der Waals surface area contributed by atoms with Crippen LogP contribution in [0.25, 0.3) is 10.9 Å². The van der Waals surface area contributed by atoms with Crippen LogP contribution in [0.5, 0.6) is 0 Å². The predicted octanol–water partition coefficient (Wildman–Crippen LogP) is 4.85. The quantitative estimate of drug-likeness (QED) is 0.742. The summed E-state index contributed by atoms with van der Waals surface area (Å²) in [5.41, 5.74) is 0.310. The molecule has 1 aromatic heterocycles. The van der Waals surface area contributed by atoms with Crippen molar-refractivity contribution in [3.05, 3.63) is 34.4 Å². The molecule has 0 aliphatic carbocycles. The normalized spacial score (nSPS) is 13.5. The first-order valence-corrected chi connectivity index (χ1v) is 7.13. The van der Waals surface area contributed by atoms with E-state index in [1.807, 2.05) is 37.6 Å². The van der Waals surface area contributed by atoms with Gasteiger partial charge in [-0.1, -0.05) is 23.2 Å². The lowest BCUT2D eigenvalue weighted by molar-refractivity contribution is -0.158. The average molecular weight is 314 g/mol. The second-order valence-electron chi connectivity index (χ2n) is 5.75. The van der Waals surface area contributed by atoms with Gasteiger partial charge in [0.1, 0.15) is 11.6 Å². The third kappa shape index (κ3) is 3.10. The van der Waals surface area contributed by atoms with Crippen LogP contribution in [-0.4, -0.2) is 16.1 Å². The largest absolute Gasteiger partial charge is 0.458 e. The molecule has 0 N–H and O–H groups in total. The van der Waals surface area contributed by atoms with Gasteiger partial charge in [0.05, 0.1) is 10.5 Å². The monoisotopic (exact) mass is 313 g/mol. The van der Waals surface area contributed by atoms with Crippen LogP contribution in [0.15, 0.2) is 24.4 Å². The predicted molar refractivity (Wildman–Crippen MR) is 82.5 cm³/mol. The molecule has 5 heteroatoms. The highest BCUT2D eigenvalue weighted by Crippen LogP contribution is 2.31. The molecule has 1 aromatic carbocycles. The van der Waals surface area contributed by atoms with Crippen molar-refractivity contribution in [1.82, 2.24) is 4.57 Å². The molecule has 2 rings (SSSR count). The van der Waals surface area contributed by atoms with Gasteiger partial charge in [0.2, 0.25) is 0 Å². The van der Waals surface area contributed by atoms with E-state index >= 15 is 0 Å². The van der Waals surface area contributed by atoms with Crippen molar-refractivity contribution in [2.75, 3.05) is 0 Å². The van der Waals surface area contributed by atoms with Crippen LogP contribution in [0, 0.1) is 0 Å². The number of halogens is 2. The van der Waals surface area contributed by atoms with Gasteiger partial charge in [-0.15, -0.1) is 0 Å². The molecule has 0 radical (unpaired) electrons. The van der Waals surface area contributed by atoms with Crippen molar-refractivity contribution in [3.63, 3.8) is 0 Å². The van der Waals surface area contributed by atoms with E-state index in [1.54, 1.807) is 19.1 Å². The Bertz CT molecular complexity index is 656. The Morgan fingerprint density at radius 1 is 1.30 bits per heavy atom. The number of hydrogen-bond acceptors (Lipinski definition) is 2. The first kappa shape index (κ1) is 15.2. The molecule has 0 aliphatic rings. The maximum atomic E-state index is 12.2. The summed E-state index contributed by atoms with van der Waals surface area (Å²) in [7, 11) is 0. The number of hydrogen-bond donors (Lipinski definition) is 0. The molecular formula is C15H17Cl2NO2. The maximum Gasteiger partial charge on any atom is 0.329 e. The standard InChI is InChI=1S/C15H17Cl2NO2/c1-9(14(19)20-15(2,3)4)18-6-5-11-12(17)7-10(16)8-13(11)18/h5-9H,1-4H3. The van der Waals surface area contributed by atoms with E-state index in [4.69, 9.17) is 27.9 Å². The molecule has 3 nitrogen and oxygen atoms in total. The SMILES string of the molecule is CC(C(=O)OC(C)(C)C)n1ccc2c(Cl)cc(Cl)cc21. The van der Waals surface area contributed by atoms with Gasteiger partial charge >= 0.3 is 5.97 Å². The van der Waals surface area contributed by atoms with Crippen LogP contribution in [-0.2, 0) is 9.53 Å². The number of carbonyl (C=O) groups is 1. The van der Waals surface area contributed by atoms with E-state index in [2.05, 4.69) is 0 Å². The lowest BCUT2D eigenvalue weighted by atomic mass is 10.2. The summed E-state index contributed by atoms with van der Waals surface area (Å²) in [4.78, 5) is 12.2. The number of esters is 1. The molecular weight excluding hydrogens is 297 g/mol. The molecule has 20 heavy (non-hydrogen) atoms. The molecule has 0 saturated carbocycles. The van der Waals surface area contributed by atoms with E-state index in [1.165, 1.54) is 0 Å². The van der Waals surface area contributed by atoms with Crippen LogP contribution in [0.1, 0.15) is 33.7 Å². The van der Waals surface area contributed by atoms with Crippen molar-refractivity contribution in [3.8, 4) is 0 Å². The van der Waals surface area contributed by atoms with Crippen LogP contribution in [0.3, 0.4) is 0 Å². The zero-order chi connectivity index (χ0) is 15.1. The molecule has 1 heterocycles. The summed E-state index contributed by atoms with van der Waals surface area (Å²) < 4.78 is 7.23. The number of benzene rings is 1. The van der Waals surface area contributed by atoms with E-state index in [0.717, 1.165) is 10.9 Å². The van der Waals surface area contributed by atoms with Gasteiger partial charge in [-0.05, 0) is 45.9 Å². The van der Waals surface area contributed by atoms with E-state index in [9.17, 15) is 4.79 Å². The number of rotatable bonds is 2. The van der Waals surface area contributed by atoms with Gasteiger partial charge in [0, 0.05) is 16.6 Å². The van der Waals surface area contributed by atoms with Crippen molar-refractivity contribution in [1.29, 1.82) is 0 Å². The first-order chi connectivity index (χ1) is 9.19. The second kappa shape index (κ2) is 5.30. The maximum absolute atomic E-state index is 12.2. The number of carbonyl (C=O) groups excluding carboxylic acids is 1. The summed E-state index contributed by atoms with van der Waals surface area (Å²) >= 11 is 12.2. The van der Waals surface area contributed by atoms with E-state index < -0.39 is 11.6 Å². The topological polar surface area (TPSA) is 31.2 Å². The average Bonchev–Trinajstić information content (AvgIpc) is 2.69. The number of ether oxygens (including phenoxy) is 1. The van der Waals surface area contributed by atoms with Gasteiger partial charge in [-0.2, -0.15) is 0 Å². The Morgan fingerprint density at radius 2 is 1.95 bits per heavy atom. The van der Waals surface area contributed by atoms with E-state index in [0.29, 0.717) is 10.0 Å². The summed E-state index contributed by atoms with van der Waals surface area (Å²) in [5, 5.41) is 1.98. The number of aromatic nitrogens is 1. The summed E-state index contributed by atoms with van der Waals surface area (Å²) in [6, 6.07) is 4.91. The third-order valence-corrected chi connectivity index (χ3v) is 3.45. The highest BCUT2D eigenvalue weighted by atomic mass is 35.5. The zero-order valence-corrected chi connectivity index (χ0v) is 13.4. The smallest absolute Gasteiger partial charge is 0.329 e. The summed E-state index contributed by atoms with van der Waals surface area (Å²) in [6.45, 7) is 7.33. The van der Waals surface area contributed by atoms with Gasteiger partial charge < -0.3 is 9.30 Å². The summed E-state index contributed by atoms with van der Waals surface area (Å²) in [6.07, 6.45) is 1.82. The molecule has 2 aromatic rings. The lowest BCUT2D eigenvalue weighted by Gasteiger charge is -2.23. The fraction of sp³-hybridized carbons (Fsp3) is 0.400. The molecule has 1 atom stereocenters. The molecule has 0 spiro atoms. The van der Waals surface area contributed by atoms with Gasteiger partial charge in [-0.3, -0.25) is 0 Å². The van der Waals surface area contributed by atoms with Crippen molar-refractivity contribution >= 4 is 40.1 Å². The number of nitrogens with zero attached hydrogens (tertiary/aromatic N) is 1. The number of fused-ring (bicyclic) bond motifs is 1. The fourth-order valence-electron chi connectivity index (χ4n) is 2.02. The highest BCUT2D eigenvalue weighted by molar-refractivity contribution is 6.38. The minimum Gasteiger partial charge on any atom is -0.458 e.